The molecule has 1 aromatic heterocycles. The molecule has 182 valence electrons. The molecule has 0 spiro atoms. The summed E-state index contributed by atoms with van der Waals surface area (Å²) < 4.78 is 5.51. The number of H-pyrrole nitrogens is 1. The Labute approximate surface area is 210 Å². The van der Waals surface area contributed by atoms with Crippen LogP contribution in [-0.2, 0) is 21.7 Å². The van der Waals surface area contributed by atoms with Crippen molar-refractivity contribution < 1.29 is 14.3 Å². The van der Waals surface area contributed by atoms with E-state index in [2.05, 4.69) is 42.2 Å². The molecule has 6 nitrogen and oxygen atoms in total. The average molecular weight is 480 g/mol. The number of aromatic amines is 1. The third-order valence-corrected chi connectivity index (χ3v) is 7.85. The zero-order valence-corrected chi connectivity index (χ0v) is 20.7. The molecule has 1 saturated heterocycles. The first-order valence-electron chi connectivity index (χ1n) is 12.3. The van der Waals surface area contributed by atoms with E-state index >= 15 is 0 Å². The molecule has 2 amide bonds. The quantitative estimate of drug-likeness (QED) is 0.461. The first-order chi connectivity index (χ1) is 17.4. The van der Waals surface area contributed by atoms with E-state index in [0.29, 0.717) is 18.8 Å². The maximum Gasteiger partial charge on any atom is 0.255 e. The van der Waals surface area contributed by atoms with Gasteiger partial charge in [0.1, 0.15) is 12.3 Å². The number of aromatic nitrogens is 1. The summed E-state index contributed by atoms with van der Waals surface area (Å²) in [5.74, 6) is 0.554. The van der Waals surface area contributed by atoms with Gasteiger partial charge in [0.15, 0.2) is 5.54 Å². The van der Waals surface area contributed by atoms with Crippen molar-refractivity contribution >= 4 is 22.7 Å². The molecule has 4 aromatic rings. The van der Waals surface area contributed by atoms with Gasteiger partial charge in [-0.1, -0.05) is 66.2 Å². The topological polar surface area (TPSA) is 65.6 Å². The first kappa shape index (κ1) is 22.4. The van der Waals surface area contributed by atoms with E-state index in [1.807, 2.05) is 49.4 Å². The van der Waals surface area contributed by atoms with Crippen molar-refractivity contribution in [3.63, 3.8) is 0 Å². The van der Waals surface area contributed by atoms with Crippen molar-refractivity contribution in [2.45, 2.75) is 31.8 Å². The van der Waals surface area contributed by atoms with E-state index in [-0.39, 0.29) is 24.3 Å². The van der Waals surface area contributed by atoms with Gasteiger partial charge in [-0.15, -0.1) is 0 Å². The smallest absolute Gasteiger partial charge is 0.255 e. The fourth-order valence-electron chi connectivity index (χ4n) is 5.94. The lowest BCUT2D eigenvalue weighted by Crippen LogP contribution is -2.67. The fourth-order valence-corrected chi connectivity index (χ4v) is 5.94. The Bertz CT molecular complexity index is 1490. The maximum absolute atomic E-state index is 14.2. The lowest BCUT2D eigenvalue weighted by molar-refractivity contribution is -0.166. The SMILES string of the molecule is COc1ccccc1CN1CC(=O)N2C[C@@H](c3ccc(C)cc3)c3c([nH]c4ccccc34)[C@@]2(C)C1=O. The lowest BCUT2D eigenvalue weighted by atomic mass is 9.76. The normalized spacial score (nSPS) is 21.5. The number of hydrogen-bond acceptors (Lipinski definition) is 3. The molecule has 1 fully saturated rings. The molecular weight excluding hydrogens is 450 g/mol. The van der Waals surface area contributed by atoms with Crippen LogP contribution >= 0.6 is 0 Å². The Morgan fingerprint density at radius 2 is 1.72 bits per heavy atom. The third-order valence-electron chi connectivity index (χ3n) is 7.85. The Hall–Kier alpha value is -4.06. The van der Waals surface area contributed by atoms with Gasteiger partial charge in [0.05, 0.1) is 12.8 Å². The summed E-state index contributed by atoms with van der Waals surface area (Å²) in [6.07, 6.45) is 0. The number of methoxy groups -OCH3 is 1. The summed E-state index contributed by atoms with van der Waals surface area (Å²) in [5.41, 5.74) is 4.98. The number of benzene rings is 3. The van der Waals surface area contributed by atoms with Gasteiger partial charge >= 0.3 is 0 Å². The summed E-state index contributed by atoms with van der Waals surface area (Å²) in [6, 6.07) is 24.3. The highest BCUT2D eigenvalue weighted by Gasteiger charge is 2.56. The largest absolute Gasteiger partial charge is 0.496 e. The lowest BCUT2D eigenvalue weighted by Gasteiger charge is -2.51. The molecule has 6 heteroatoms. The van der Waals surface area contributed by atoms with Gasteiger partial charge in [0.2, 0.25) is 5.91 Å². The summed E-state index contributed by atoms with van der Waals surface area (Å²) >= 11 is 0. The minimum atomic E-state index is -1.12. The van der Waals surface area contributed by atoms with Crippen molar-refractivity contribution in [3.8, 4) is 5.75 Å². The summed E-state index contributed by atoms with van der Waals surface area (Å²) in [5, 5.41) is 1.10. The van der Waals surface area contributed by atoms with Crippen molar-refractivity contribution in [1.29, 1.82) is 0 Å². The monoisotopic (exact) mass is 479 g/mol. The summed E-state index contributed by atoms with van der Waals surface area (Å²) in [4.78, 5) is 34.9. The van der Waals surface area contributed by atoms with Crippen LogP contribution in [-0.4, -0.2) is 46.8 Å². The number of ether oxygens (including phenoxy) is 1. The van der Waals surface area contributed by atoms with Gasteiger partial charge in [-0.3, -0.25) is 9.59 Å². The van der Waals surface area contributed by atoms with E-state index in [1.165, 1.54) is 5.56 Å². The molecule has 6 rings (SSSR count). The number of fused-ring (bicyclic) bond motifs is 5. The second kappa shape index (κ2) is 8.26. The van der Waals surface area contributed by atoms with Crippen LogP contribution in [0.15, 0.2) is 72.8 Å². The Kier molecular flexibility index (Phi) is 5.14. The number of carbonyl (C=O) groups excluding carboxylic acids is 2. The number of nitrogens with one attached hydrogen (secondary N) is 1. The molecule has 2 aliphatic rings. The van der Waals surface area contributed by atoms with Gasteiger partial charge in [-0.2, -0.15) is 0 Å². The minimum Gasteiger partial charge on any atom is -0.496 e. The van der Waals surface area contributed by atoms with Crippen LogP contribution in [0.25, 0.3) is 10.9 Å². The van der Waals surface area contributed by atoms with Gasteiger partial charge in [-0.25, -0.2) is 0 Å². The molecule has 1 N–H and O–H groups in total. The van der Waals surface area contributed by atoms with Crippen LogP contribution in [0.5, 0.6) is 5.75 Å². The standard InChI is InChI=1S/C30H29N3O3/c1-19-12-14-20(15-13-19)23-17-33-26(34)18-32(16-21-8-4-7-11-25(21)36-3)29(35)30(33,2)28-27(23)22-9-5-6-10-24(22)31-28/h4-15,23,31H,16-18H2,1-3H3/t23-,30-/m0/s1. The predicted molar refractivity (Wildman–Crippen MR) is 139 cm³/mol. The molecular formula is C30H29N3O3. The van der Waals surface area contributed by atoms with Gasteiger partial charge < -0.3 is 19.5 Å². The molecule has 3 aromatic carbocycles. The number of aryl methyl sites for hydroxylation is 1. The van der Waals surface area contributed by atoms with Crippen LogP contribution in [0.2, 0.25) is 0 Å². The van der Waals surface area contributed by atoms with Crippen molar-refractivity contribution in [3.05, 3.63) is 101 Å². The van der Waals surface area contributed by atoms with Gasteiger partial charge in [-0.05, 0) is 37.1 Å². The molecule has 3 heterocycles. The Balaban J connectivity index is 1.49. The zero-order chi connectivity index (χ0) is 25.0. The van der Waals surface area contributed by atoms with E-state index < -0.39 is 5.54 Å². The number of piperazine rings is 1. The fraction of sp³-hybridized carbons (Fsp3) is 0.267. The second-order valence-electron chi connectivity index (χ2n) is 9.97. The summed E-state index contributed by atoms with van der Waals surface area (Å²) in [6.45, 7) is 4.78. The molecule has 2 aliphatic heterocycles. The molecule has 2 atom stereocenters. The molecule has 0 bridgehead atoms. The number of carbonyl (C=O) groups is 2. The molecule has 36 heavy (non-hydrogen) atoms. The highest BCUT2D eigenvalue weighted by Crippen LogP contribution is 2.48. The van der Waals surface area contributed by atoms with Crippen molar-refractivity contribution in [2.75, 3.05) is 20.2 Å². The number of nitrogens with zero attached hydrogens (tertiary/aromatic N) is 2. The van der Waals surface area contributed by atoms with E-state index in [9.17, 15) is 9.59 Å². The molecule has 0 unspecified atom stereocenters. The number of hydrogen-bond donors (Lipinski definition) is 1. The maximum atomic E-state index is 14.2. The first-order valence-corrected chi connectivity index (χ1v) is 12.3. The van der Waals surface area contributed by atoms with Crippen LogP contribution < -0.4 is 4.74 Å². The van der Waals surface area contributed by atoms with Crippen LogP contribution in [0.4, 0.5) is 0 Å². The number of para-hydroxylation sites is 2. The highest BCUT2D eigenvalue weighted by molar-refractivity contribution is 6.01. The van der Waals surface area contributed by atoms with Crippen molar-refractivity contribution in [1.82, 2.24) is 14.8 Å². The zero-order valence-electron chi connectivity index (χ0n) is 20.7. The Morgan fingerprint density at radius 3 is 2.50 bits per heavy atom. The van der Waals surface area contributed by atoms with Crippen LogP contribution in [0, 0.1) is 6.92 Å². The summed E-state index contributed by atoms with van der Waals surface area (Å²) in [7, 11) is 1.62. The highest BCUT2D eigenvalue weighted by atomic mass is 16.5. The number of rotatable bonds is 4. The molecule has 0 radical (unpaired) electrons. The second-order valence-corrected chi connectivity index (χ2v) is 9.97. The van der Waals surface area contributed by atoms with E-state index in [0.717, 1.165) is 33.3 Å². The van der Waals surface area contributed by atoms with Gasteiger partial charge in [0, 0.05) is 35.5 Å². The molecule has 0 aliphatic carbocycles. The predicted octanol–water partition coefficient (Wildman–Crippen LogP) is 4.72. The Morgan fingerprint density at radius 1 is 1.00 bits per heavy atom. The van der Waals surface area contributed by atoms with Crippen molar-refractivity contribution in [2.24, 2.45) is 0 Å². The number of amides is 2. The van der Waals surface area contributed by atoms with E-state index in [1.54, 1.807) is 16.9 Å². The van der Waals surface area contributed by atoms with Gasteiger partial charge in [0.25, 0.3) is 5.91 Å². The minimum absolute atomic E-state index is 0.0256. The van der Waals surface area contributed by atoms with E-state index in [4.69, 9.17) is 4.74 Å². The van der Waals surface area contributed by atoms with Crippen LogP contribution in [0.3, 0.4) is 0 Å². The average Bonchev–Trinajstić information content (AvgIpc) is 3.29. The third kappa shape index (κ3) is 3.24. The van der Waals surface area contributed by atoms with Crippen LogP contribution in [0.1, 0.15) is 40.8 Å². The molecule has 0 saturated carbocycles.